The topological polar surface area (TPSA) is 66.9 Å². The first-order valence-electron chi connectivity index (χ1n) is 6.47. The molecule has 1 saturated carbocycles. The van der Waals surface area contributed by atoms with E-state index in [0.29, 0.717) is 11.5 Å². The Morgan fingerprint density at radius 3 is 2.81 bits per heavy atom. The van der Waals surface area contributed by atoms with Gasteiger partial charge in [0.25, 0.3) is 5.91 Å². The Labute approximate surface area is 125 Å². The summed E-state index contributed by atoms with van der Waals surface area (Å²) in [5, 5.41) is 5.82. The summed E-state index contributed by atoms with van der Waals surface area (Å²) >= 11 is 5.71. The lowest BCUT2D eigenvalue weighted by Crippen LogP contribution is -2.26. The van der Waals surface area contributed by atoms with Gasteiger partial charge in [-0.1, -0.05) is 11.6 Å². The van der Waals surface area contributed by atoms with Gasteiger partial charge in [-0.15, -0.1) is 0 Å². The average molecular weight is 307 g/mol. The fourth-order valence-corrected chi connectivity index (χ4v) is 1.94. The first kappa shape index (κ1) is 13.8. The molecule has 0 aliphatic heterocycles. The number of anilines is 2. The Morgan fingerprint density at radius 1 is 1.29 bits per heavy atom. The van der Waals surface area contributed by atoms with Crippen LogP contribution in [0.2, 0.25) is 5.02 Å². The van der Waals surface area contributed by atoms with Crippen LogP contribution in [0.5, 0.6) is 0 Å². The summed E-state index contributed by atoms with van der Waals surface area (Å²) in [5.74, 6) is -0.275. The number of hydrogen-bond donors (Lipinski definition) is 2. The molecule has 1 aliphatic rings. The van der Waals surface area contributed by atoms with Crippen molar-refractivity contribution in [1.82, 2.24) is 15.3 Å². The van der Waals surface area contributed by atoms with Crippen molar-refractivity contribution in [3.8, 4) is 0 Å². The normalized spacial score (nSPS) is 13.8. The third kappa shape index (κ3) is 3.46. The smallest absolute Gasteiger partial charge is 0.270 e. The number of aromatic nitrogens is 2. The fourth-order valence-electron chi connectivity index (χ4n) is 1.76. The van der Waals surface area contributed by atoms with E-state index in [9.17, 15) is 9.18 Å². The molecule has 1 aromatic heterocycles. The van der Waals surface area contributed by atoms with Crippen LogP contribution in [-0.2, 0) is 0 Å². The Morgan fingerprint density at radius 2 is 2.10 bits per heavy atom. The van der Waals surface area contributed by atoms with Gasteiger partial charge < -0.3 is 10.6 Å². The number of carbonyl (C=O) groups excluding carboxylic acids is 1. The Hall–Kier alpha value is -2.21. The van der Waals surface area contributed by atoms with Crippen molar-refractivity contribution in [3.05, 3.63) is 47.1 Å². The molecule has 0 radical (unpaired) electrons. The predicted molar refractivity (Wildman–Crippen MR) is 77.2 cm³/mol. The van der Waals surface area contributed by atoms with E-state index in [1.807, 2.05) is 0 Å². The zero-order chi connectivity index (χ0) is 14.8. The number of nitrogens with one attached hydrogen (secondary N) is 2. The molecule has 1 aliphatic carbocycles. The van der Waals surface area contributed by atoms with Gasteiger partial charge in [-0.05, 0) is 31.0 Å². The molecule has 108 valence electrons. The second-order valence-corrected chi connectivity index (χ2v) is 5.20. The molecule has 0 saturated heterocycles. The maximum atomic E-state index is 13.1. The van der Waals surface area contributed by atoms with Crippen molar-refractivity contribution in [1.29, 1.82) is 0 Å². The Bertz CT molecular complexity index is 690. The first-order chi connectivity index (χ1) is 10.1. The van der Waals surface area contributed by atoms with E-state index in [2.05, 4.69) is 20.6 Å². The monoisotopic (exact) mass is 306 g/mol. The molecule has 1 aromatic carbocycles. The van der Waals surface area contributed by atoms with Crippen LogP contribution in [0.3, 0.4) is 0 Å². The number of benzene rings is 1. The molecule has 0 bridgehead atoms. The molecule has 0 unspecified atom stereocenters. The summed E-state index contributed by atoms with van der Waals surface area (Å²) in [5.41, 5.74) is 0.862. The highest BCUT2D eigenvalue weighted by Crippen LogP contribution is 2.22. The quantitative estimate of drug-likeness (QED) is 0.911. The predicted octanol–water partition coefficient (Wildman–Crippen LogP) is 2.90. The number of hydrogen-bond acceptors (Lipinski definition) is 4. The van der Waals surface area contributed by atoms with Crippen molar-refractivity contribution in [2.24, 2.45) is 0 Å². The molecule has 0 atom stereocenters. The van der Waals surface area contributed by atoms with Gasteiger partial charge in [0.15, 0.2) is 0 Å². The van der Waals surface area contributed by atoms with E-state index >= 15 is 0 Å². The lowest BCUT2D eigenvalue weighted by atomic mass is 10.3. The number of amides is 1. The number of rotatable bonds is 4. The second kappa shape index (κ2) is 5.65. The third-order valence-electron chi connectivity index (χ3n) is 3.00. The summed E-state index contributed by atoms with van der Waals surface area (Å²) in [7, 11) is 0. The summed E-state index contributed by atoms with van der Waals surface area (Å²) in [6.45, 7) is 0. The van der Waals surface area contributed by atoms with Crippen LogP contribution in [0.1, 0.15) is 23.3 Å². The van der Waals surface area contributed by atoms with E-state index in [-0.39, 0.29) is 22.7 Å². The minimum Gasteiger partial charge on any atom is -0.348 e. The van der Waals surface area contributed by atoms with E-state index in [1.54, 1.807) is 0 Å². The molecule has 1 heterocycles. The highest BCUT2D eigenvalue weighted by molar-refractivity contribution is 6.31. The van der Waals surface area contributed by atoms with Crippen molar-refractivity contribution < 1.29 is 9.18 Å². The molecule has 1 amide bonds. The van der Waals surface area contributed by atoms with Gasteiger partial charge in [0, 0.05) is 17.8 Å². The van der Waals surface area contributed by atoms with Crippen molar-refractivity contribution in [2.75, 3.05) is 5.32 Å². The summed E-state index contributed by atoms with van der Waals surface area (Å²) in [6, 6.07) is 6.04. The first-order valence-corrected chi connectivity index (χ1v) is 6.84. The van der Waals surface area contributed by atoms with E-state index in [1.165, 1.54) is 30.6 Å². The SMILES string of the molecule is O=C(NC1CC1)c1cc(Nc2ccc(F)c(Cl)c2)ncn1. The van der Waals surface area contributed by atoms with Gasteiger partial charge in [0.05, 0.1) is 5.02 Å². The van der Waals surface area contributed by atoms with Crippen molar-refractivity contribution >= 4 is 29.0 Å². The zero-order valence-electron chi connectivity index (χ0n) is 10.9. The Balaban J connectivity index is 1.75. The van der Waals surface area contributed by atoms with Gasteiger partial charge in [0.2, 0.25) is 0 Å². The molecule has 2 N–H and O–H groups in total. The van der Waals surface area contributed by atoms with E-state index < -0.39 is 5.82 Å². The molecule has 21 heavy (non-hydrogen) atoms. The zero-order valence-corrected chi connectivity index (χ0v) is 11.7. The largest absolute Gasteiger partial charge is 0.348 e. The number of halogens is 2. The summed E-state index contributed by atoms with van der Waals surface area (Å²) in [4.78, 5) is 19.9. The van der Waals surface area contributed by atoms with Crippen LogP contribution in [0.15, 0.2) is 30.6 Å². The molecule has 0 spiro atoms. The van der Waals surface area contributed by atoms with E-state index in [0.717, 1.165) is 12.8 Å². The molecule has 2 aromatic rings. The van der Waals surface area contributed by atoms with Gasteiger partial charge in [-0.25, -0.2) is 14.4 Å². The minimum atomic E-state index is -0.491. The molecule has 3 rings (SSSR count). The lowest BCUT2D eigenvalue weighted by molar-refractivity contribution is 0.0946. The van der Waals surface area contributed by atoms with Gasteiger partial charge in [-0.3, -0.25) is 4.79 Å². The van der Waals surface area contributed by atoms with Crippen LogP contribution in [0, 0.1) is 5.82 Å². The average Bonchev–Trinajstić information content (AvgIpc) is 3.27. The summed E-state index contributed by atoms with van der Waals surface area (Å²) in [6.07, 6.45) is 3.32. The molecule has 5 nitrogen and oxygen atoms in total. The fraction of sp³-hybridized carbons (Fsp3) is 0.214. The van der Waals surface area contributed by atoms with Crippen LogP contribution < -0.4 is 10.6 Å². The van der Waals surface area contributed by atoms with Crippen LogP contribution in [0.4, 0.5) is 15.9 Å². The Kier molecular flexibility index (Phi) is 3.70. The second-order valence-electron chi connectivity index (χ2n) is 4.79. The van der Waals surface area contributed by atoms with Crippen LogP contribution in [-0.4, -0.2) is 21.9 Å². The molecule has 1 fully saturated rings. The molecular formula is C14H12ClFN4O. The highest BCUT2D eigenvalue weighted by atomic mass is 35.5. The van der Waals surface area contributed by atoms with Crippen LogP contribution >= 0.6 is 11.6 Å². The van der Waals surface area contributed by atoms with E-state index in [4.69, 9.17) is 11.6 Å². The van der Waals surface area contributed by atoms with Crippen molar-refractivity contribution in [2.45, 2.75) is 18.9 Å². The number of nitrogens with zero attached hydrogens (tertiary/aromatic N) is 2. The van der Waals surface area contributed by atoms with Gasteiger partial charge in [0.1, 0.15) is 23.7 Å². The van der Waals surface area contributed by atoms with Gasteiger partial charge in [-0.2, -0.15) is 0 Å². The summed E-state index contributed by atoms with van der Waals surface area (Å²) < 4.78 is 13.1. The maximum Gasteiger partial charge on any atom is 0.270 e. The van der Waals surface area contributed by atoms with Crippen molar-refractivity contribution in [3.63, 3.8) is 0 Å². The molecular weight excluding hydrogens is 295 g/mol. The maximum absolute atomic E-state index is 13.1. The minimum absolute atomic E-state index is 0.0146. The molecule has 7 heteroatoms. The number of carbonyl (C=O) groups is 1. The third-order valence-corrected chi connectivity index (χ3v) is 3.29. The standard InChI is InChI=1S/C14H12ClFN4O/c15-10-5-9(3-4-11(10)16)19-13-6-12(17-7-18-13)14(21)20-8-1-2-8/h3-8H,1-2H2,(H,20,21)(H,17,18,19). The lowest BCUT2D eigenvalue weighted by Gasteiger charge is -2.07. The van der Waals surface area contributed by atoms with Crippen LogP contribution in [0.25, 0.3) is 0 Å². The highest BCUT2D eigenvalue weighted by Gasteiger charge is 2.24. The van der Waals surface area contributed by atoms with Gasteiger partial charge >= 0.3 is 0 Å².